The Hall–Kier alpha value is -6.81. The molecule has 0 bridgehead atoms. The molecule has 352 valence electrons. The third-order valence-corrected chi connectivity index (χ3v) is 14.5. The number of imide groups is 1. The van der Waals surface area contributed by atoms with Crippen molar-refractivity contribution >= 4 is 76.3 Å². The number of amides is 3. The minimum Gasteiger partial charge on any atom is -0.494 e. The topological polar surface area (TPSA) is 192 Å². The Bertz CT molecular complexity index is 2890. The van der Waals surface area contributed by atoms with E-state index < -0.39 is 25.0 Å². The number of benzene rings is 3. The fraction of sp³-hybridized carbons (Fsp3) is 0.327. The van der Waals surface area contributed by atoms with Crippen LogP contribution < -0.4 is 41.1 Å². The number of carbonyl (C=O) groups excluding carboxylic acids is 3. The Morgan fingerprint density at radius 2 is 1.68 bits per heavy atom. The number of pyridine rings is 1. The van der Waals surface area contributed by atoms with Gasteiger partial charge in [0.25, 0.3) is 5.91 Å². The Morgan fingerprint density at radius 3 is 2.38 bits per heavy atom. The molecule has 0 saturated carbocycles. The van der Waals surface area contributed by atoms with Crippen LogP contribution in [0.4, 0.5) is 34.5 Å². The summed E-state index contributed by atoms with van der Waals surface area (Å²) in [5, 5.41) is 17.2. The highest BCUT2D eigenvalue weighted by Crippen LogP contribution is 2.42. The molecular weight excluding hydrogens is 903 g/mol. The van der Waals surface area contributed by atoms with Gasteiger partial charge in [-0.1, -0.05) is 48.0 Å². The van der Waals surface area contributed by atoms with Crippen molar-refractivity contribution in [3.05, 3.63) is 108 Å². The van der Waals surface area contributed by atoms with Gasteiger partial charge in [-0.25, -0.2) is 9.97 Å². The number of hydrogen-bond donors (Lipinski definition) is 4. The molecule has 0 spiro atoms. The van der Waals surface area contributed by atoms with Crippen LogP contribution in [0.3, 0.4) is 0 Å². The van der Waals surface area contributed by atoms with E-state index in [0.717, 1.165) is 85.9 Å². The monoisotopic (exact) mass is 956 g/mol. The fourth-order valence-electron chi connectivity index (χ4n) is 9.07. The summed E-state index contributed by atoms with van der Waals surface area (Å²) >= 11 is 6.69. The SMILES string of the molecule is COc1cc(N2CCN(CC3CCN(c4ccc(C(=O)NC5CCC(=O)NC5=O)nc4)C3)CC2)c(-c2cnn(C)c2)cc1Nc1ncc(Cl)c(Nc2ccc(-c3ccccc3)cc2P(C)(C)=O)n1. The van der Waals surface area contributed by atoms with E-state index in [1.807, 2.05) is 80.1 Å². The predicted molar refractivity (Wildman–Crippen MR) is 267 cm³/mol. The number of methoxy groups -OCH3 is 1. The smallest absolute Gasteiger partial charge is 0.270 e. The lowest BCUT2D eigenvalue weighted by atomic mass is 10.0. The molecule has 3 amide bonds. The maximum atomic E-state index is 13.6. The van der Waals surface area contributed by atoms with Crippen molar-refractivity contribution in [2.75, 3.05) is 86.7 Å². The average Bonchev–Trinajstić information content (AvgIpc) is 4.00. The number of nitrogens with zero attached hydrogens (tertiary/aromatic N) is 8. The van der Waals surface area contributed by atoms with Gasteiger partial charge >= 0.3 is 0 Å². The quantitative estimate of drug-likeness (QED) is 0.0682. The summed E-state index contributed by atoms with van der Waals surface area (Å²) in [5.74, 6) is 0.476. The van der Waals surface area contributed by atoms with Crippen molar-refractivity contribution in [3.63, 3.8) is 0 Å². The third kappa shape index (κ3) is 10.5. The van der Waals surface area contributed by atoms with Crippen LogP contribution in [0.1, 0.15) is 29.8 Å². The van der Waals surface area contributed by atoms with E-state index in [9.17, 15) is 18.9 Å². The maximum absolute atomic E-state index is 13.6. The summed E-state index contributed by atoms with van der Waals surface area (Å²) in [6.07, 6.45) is 8.61. The van der Waals surface area contributed by atoms with E-state index in [2.05, 4.69) is 57.1 Å². The van der Waals surface area contributed by atoms with Crippen molar-refractivity contribution in [3.8, 4) is 28.0 Å². The highest BCUT2D eigenvalue weighted by atomic mass is 35.5. The Morgan fingerprint density at radius 1 is 0.868 bits per heavy atom. The first-order valence-corrected chi connectivity index (χ1v) is 25.6. The molecule has 0 radical (unpaired) electrons. The molecule has 4 N–H and O–H groups in total. The summed E-state index contributed by atoms with van der Waals surface area (Å²) in [6, 6.07) is 22.8. The van der Waals surface area contributed by atoms with Gasteiger partial charge in [0.1, 0.15) is 29.6 Å². The van der Waals surface area contributed by atoms with Gasteiger partial charge in [-0.3, -0.25) is 29.3 Å². The molecule has 3 saturated heterocycles. The van der Waals surface area contributed by atoms with Gasteiger partial charge in [-0.05, 0) is 73.5 Å². The number of halogens is 1. The number of anilines is 6. The normalized spacial score (nSPS) is 17.8. The molecular formula is C49H54ClN12O5P. The summed E-state index contributed by atoms with van der Waals surface area (Å²) in [5.41, 5.74) is 7.44. The maximum Gasteiger partial charge on any atom is 0.270 e. The summed E-state index contributed by atoms with van der Waals surface area (Å²) in [4.78, 5) is 57.4. The summed E-state index contributed by atoms with van der Waals surface area (Å²) in [6.45, 7) is 9.67. The minimum atomic E-state index is -2.74. The van der Waals surface area contributed by atoms with E-state index in [-0.39, 0.29) is 24.4 Å². The number of hydrogen-bond acceptors (Lipinski definition) is 14. The first-order chi connectivity index (χ1) is 32.8. The van der Waals surface area contributed by atoms with Crippen molar-refractivity contribution in [1.82, 2.24) is 40.3 Å². The molecule has 9 rings (SSSR count). The molecule has 3 aliphatic rings. The lowest BCUT2D eigenvalue weighted by Crippen LogP contribution is -2.52. The van der Waals surface area contributed by atoms with Crippen molar-refractivity contribution < 1.29 is 23.7 Å². The molecule has 3 aromatic heterocycles. The lowest BCUT2D eigenvalue weighted by Gasteiger charge is -2.38. The fourth-order valence-corrected chi connectivity index (χ4v) is 10.4. The number of aromatic nitrogens is 5. The summed E-state index contributed by atoms with van der Waals surface area (Å²) < 4.78 is 21.4. The molecule has 6 heterocycles. The van der Waals surface area contributed by atoms with Crippen LogP contribution in [0.2, 0.25) is 5.02 Å². The van der Waals surface area contributed by atoms with Crippen LogP contribution >= 0.6 is 18.7 Å². The van der Waals surface area contributed by atoms with Crippen LogP contribution in [0.25, 0.3) is 22.3 Å². The molecule has 3 aromatic carbocycles. The van der Waals surface area contributed by atoms with Gasteiger partial charge in [0.15, 0.2) is 5.82 Å². The average molecular weight is 957 g/mol. The van der Waals surface area contributed by atoms with Crippen LogP contribution in [-0.4, -0.2) is 120 Å². The molecule has 19 heteroatoms. The Kier molecular flexibility index (Phi) is 13.5. The van der Waals surface area contributed by atoms with Crippen molar-refractivity contribution in [2.45, 2.75) is 25.3 Å². The Balaban J connectivity index is 0.857. The number of nitrogens with one attached hydrogen (secondary N) is 4. The lowest BCUT2D eigenvalue weighted by molar-refractivity contribution is -0.134. The molecule has 2 atom stereocenters. The molecule has 3 fully saturated rings. The van der Waals surface area contributed by atoms with Crippen LogP contribution in [0, 0.1) is 5.92 Å². The van der Waals surface area contributed by atoms with Gasteiger partial charge in [0.05, 0.1) is 42.8 Å². The van der Waals surface area contributed by atoms with Gasteiger partial charge in [-0.15, -0.1) is 0 Å². The third-order valence-electron chi connectivity index (χ3n) is 12.7. The highest BCUT2D eigenvalue weighted by molar-refractivity contribution is 7.70. The zero-order chi connectivity index (χ0) is 47.5. The highest BCUT2D eigenvalue weighted by Gasteiger charge is 2.31. The van der Waals surface area contributed by atoms with Gasteiger partial charge < -0.3 is 35.1 Å². The van der Waals surface area contributed by atoms with Gasteiger partial charge in [0, 0.05) is 93.7 Å². The number of piperazine rings is 1. The molecule has 3 aliphatic heterocycles. The van der Waals surface area contributed by atoms with E-state index in [1.54, 1.807) is 37.4 Å². The first-order valence-electron chi connectivity index (χ1n) is 22.6. The standard InChI is InChI=1S/C49H54ClN12O5P/c1-59-30-34(25-53-59)36-23-41(56-49-52-27-37(50)46(58-49)54-38-12-10-33(22-44(38)68(3,4)66)32-8-6-5-7-9-32)43(67-2)24-42(36)61-20-18-60(19-21-61)28-31-16-17-62(29-31)35-11-13-39(51-26-35)47(64)55-40-14-15-45(63)57-48(40)65/h5-13,22-27,30-31,40H,14-21,28-29H2,1-4H3,(H,55,64)(H,57,63,65)(H2,52,54,56,58). The molecule has 2 unspecified atom stereocenters. The van der Waals surface area contributed by atoms with Crippen LogP contribution in [-0.2, 0) is 21.2 Å². The predicted octanol–water partition coefficient (Wildman–Crippen LogP) is 6.52. The van der Waals surface area contributed by atoms with Gasteiger partial charge in [-0.2, -0.15) is 10.1 Å². The van der Waals surface area contributed by atoms with E-state index in [0.29, 0.717) is 45.1 Å². The van der Waals surface area contributed by atoms with Crippen LogP contribution in [0.5, 0.6) is 5.75 Å². The Labute approximate surface area is 400 Å². The number of ether oxygens (including phenoxy) is 1. The molecule has 68 heavy (non-hydrogen) atoms. The zero-order valence-electron chi connectivity index (χ0n) is 38.4. The largest absolute Gasteiger partial charge is 0.494 e. The second-order valence-corrected chi connectivity index (χ2v) is 21.4. The van der Waals surface area contributed by atoms with E-state index in [4.69, 9.17) is 21.3 Å². The zero-order valence-corrected chi connectivity index (χ0v) is 40.1. The van der Waals surface area contributed by atoms with Crippen molar-refractivity contribution in [2.24, 2.45) is 13.0 Å². The molecule has 6 aromatic rings. The number of rotatable bonds is 14. The number of carbonyl (C=O) groups is 3. The first kappa shape index (κ1) is 46.3. The number of aryl methyl sites for hydroxylation is 1. The molecule has 17 nitrogen and oxygen atoms in total. The minimum absolute atomic E-state index is 0.188. The van der Waals surface area contributed by atoms with Crippen LogP contribution in [0.15, 0.2) is 97.6 Å². The number of piperidine rings is 1. The molecule has 0 aliphatic carbocycles. The van der Waals surface area contributed by atoms with Gasteiger partial charge in [0.2, 0.25) is 17.8 Å². The van der Waals surface area contributed by atoms with Crippen molar-refractivity contribution in [1.29, 1.82) is 0 Å². The second-order valence-electron chi connectivity index (χ2n) is 17.8. The van der Waals surface area contributed by atoms with E-state index >= 15 is 0 Å². The summed E-state index contributed by atoms with van der Waals surface area (Å²) in [7, 11) is 0.809. The van der Waals surface area contributed by atoms with E-state index in [1.165, 1.54) is 6.20 Å². The second kappa shape index (κ2) is 19.8.